The molecule has 2 N–H and O–H groups in total. The first-order chi connectivity index (χ1) is 15.7. The van der Waals surface area contributed by atoms with Gasteiger partial charge in [-0.15, -0.1) is 0 Å². The minimum absolute atomic E-state index is 0.131. The van der Waals surface area contributed by atoms with E-state index in [1.807, 2.05) is 37.4 Å². The summed E-state index contributed by atoms with van der Waals surface area (Å²) in [5, 5.41) is 18.4. The van der Waals surface area contributed by atoms with E-state index < -0.39 is 6.10 Å². The first-order valence-electron chi connectivity index (χ1n) is 11.2. The van der Waals surface area contributed by atoms with Crippen LogP contribution >= 0.6 is 0 Å². The molecule has 7 nitrogen and oxygen atoms in total. The number of benzene rings is 1. The number of hydrogen-bond acceptors (Lipinski definition) is 6. The molecule has 0 radical (unpaired) electrons. The van der Waals surface area contributed by atoms with Gasteiger partial charge in [0.05, 0.1) is 18.3 Å². The number of aliphatic hydroxyl groups is 1. The zero-order chi connectivity index (χ0) is 22.3. The predicted molar refractivity (Wildman–Crippen MR) is 123 cm³/mol. The number of carbonyl (C=O) groups excluding carboxylic acids is 1. The largest absolute Gasteiger partial charge is 0.396 e. The van der Waals surface area contributed by atoms with Gasteiger partial charge in [0, 0.05) is 50.6 Å². The lowest BCUT2D eigenvalue weighted by molar-refractivity contribution is -0.146. The van der Waals surface area contributed by atoms with Gasteiger partial charge in [0.2, 0.25) is 0 Å². The van der Waals surface area contributed by atoms with E-state index in [1.165, 1.54) is 5.01 Å². The van der Waals surface area contributed by atoms with Crippen molar-refractivity contribution in [3.8, 4) is 0 Å². The summed E-state index contributed by atoms with van der Waals surface area (Å²) in [6, 6.07) is 7.95. The molecule has 168 valence electrons. The Bertz CT molecular complexity index is 996. The van der Waals surface area contributed by atoms with Gasteiger partial charge in [0.15, 0.2) is 6.10 Å². The van der Waals surface area contributed by atoms with Crippen molar-refractivity contribution < 1.29 is 14.6 Å². The molecule has 0 saturated carbocycles. The zero-order valence-electron chi connectivity index (χ0n) is 18.5. The fraction of sp³-hybridized carbons (Fsp3) is 0.440. The molecule has 2 heterocycles. The molecule has 7 heteroatoms. The maximum absolute atomic E-state index is 13.5. The van der Waals surface area contributed by atoms with Gasteiger partial charge in [-0.3, -0.25) is 9.69 Å². The summed E-state index contributed by atoms with van der Waals surface area (Å²) in [5.74, 6) is -0.163. The quantitative estimate of drug-likeness (QED) is 0.605. The lowest BCUT2D eigenvalue weighted by Crippen LogP contribution is -2.59. The number of ether oxygens (including phenoxy) is 1. The molecule has 1 saturated heterocycles. The second-order valence-electron chi connectivity index (χ2n) is 8.19. The van der Waals surface area contributed by atoms with Crippen molar-refractivity contribution in [2.24, 2.45) is 5.10 Å². The van der Waals surface area contributed by atoms with Crippen LogP contribution in [0.15, 0.2) is 64.3 Å². The lowest BCUT2D eigenvalue weighted by atomic mass is 10.0. The molecule has 2 unspecified atom stereocenters. The molecule has 1 aromatic rings. The van der Waals surface area contributed by atoms with Crippen molar-refractivity contribution in [1.82, 2.24) is 15.2 Å². The molecule has 1 amide bonds. The van der Waals surface area contributed by atoms with Crippen molar-refractivity contribution in [3.05, 3.63) is 70.3 Å². The van der Waals surface area contributed by atoms with E-state index in [0.717, 1.165) is 42.9 Å². The van der Waals surface area contributed by atoms with Crippen LogP contribution in [0.3, 0.4) is 0 Å². The molecule has 2 aliphatic heterocycles. The van der Waals surface area contributed by atoms with Crippen LogP contribution in [0.4, 0.5) is 0 Å². The number of aliphatic hydroxyl groups excluding tert-OH is 1. The number of nitrogens with zero attached hydrogens (tertiary/aromatic N) is 3. The molecule has 0 aromatic heterocycles. The second-order valence-corrected chi connectivity index (χ2v) is 8.19. The minimum Gasteiger partial charge on any atom is -0.396 e. The Balaban J connectivity index is 1.48. The molecular weight excluding hydrogens is 404 g/mol. The molecule has 0 spiro atoms. The van der Waals surface area contributed by atoms with Crippen LogP contribution in [0, 0.1) is 0 Å². The van der Waals surface area contributed by atoms with Gasteiger partial charge in [0.25, 0.3) is 5.91 Å². The molecule has 0 bridgehead atoms. The summed E-state index contributed by atoms with van der Waals surface area (Å²) in [6.45, 7) is 5.94. The first kappa shape index (κ1) is 22.4. The average molecular weight is 435 g/mol. The number of amides is 1. The Kier molecular flexibility index (Phi) is 7.51. The molecule has 32 heavy (non-hydrogen) atoms. The minimum atomic E-state index is -0.629. The second kappa shape index (κ2) is 10.7. The van der Waals surface area contributed by atoms with E-state index in [1.54, 1.807) is 6.08 Å². The molecule has 1 aromatic carbocycles. The average Bonchev–Trinajstić information content (AvgIpc) is 2.81. The summed E-state index contributed by atoms with van der Waals surface area (Å²) in [6.07, 6.45) is 6.14. The Morgan fingerprint density at radius 2 is 2.03 bits per heavy atom. The van der Waals surface area contributed by atoms with Gasteiger partial charge in [-0.2, -0.15) is 10.1 Å². The highest BCUT2D eigenvalue weighted by molar-refractivity contribution is 5.91. The third kappa shape index (κ3) is 5.34. The Morgan fingerprint density at radius 3 is 2.78 bits per heavy atom. The number of hydrazone groups is 1. The number of rotatable bonds is 8. The standard InChI is InChI=1S/C25H30N4O3/c1-19-4-2-7-22(16-19)29-25(31)24(23(18-27-29)28-12-10-26-11-13-28)32-15-9-21-6-3-5-20(17-21)8-14-30/h3,5-7,16-18,23-24,26,30H,8-15H2,1H3. The van der Waals surface area contributed by atoms with Gasteiger partial charge >= 0.3 is 0 Å². The van der Waals surface area contributed by atoms with Crippen molar-refractivity contribution in [2.45, 2.75) is 31.9 Å². The van der Waals surface area contributed by atoms with Gasteiger partial charge < -0.3 is 15.2 Å². The van der Waals surface area contributed by atoms with E-state index >= 15 is 0 Å². The monoisotopic (exact) mass is 434 g/mol. The van der Waals surface area contributed by atoms with Crippen LogP contribution in [0.25, 0.3) is 0 Å². The number of nitrogens with one attached hydrogen (secondary N) is 1. The fourth-order valence-electron chi connectivity index (χ4n) is 4.19. The van der Waals surface area contributed by atoms with E-state index in [0.29, 0.717) is 25.1 Å². The maximum atomic E-state index is 13.5. The molecule has 1 fully saturated rings. The summed E-state index contributed by atoms with van der Waals surface area (Å²) < 4.78 is 6.23. The van der Waals surface area contributed by atoms with Crippen LogP contribution in [0.1, 0.15) is 18.1 Å². The van der Waals surface area contributed by atoms with Gasteiger partial charge in [-0.25, -0.2) is 0 Å². The fourth-order valence-corrected chi connectivity index (χ4v) is 4.19. The Hall–Kier alpha value is -2.76. The van der Waals surface area contributed by atoms with Gasteiger partial charge in [-0.1, -0.05) is 35.7 Å². The highest BCUT2D eigenvalue weighted by Gasteiger charge is 2.40. The van der Waals surface area contributed by atoms with E-state index in [2.05, 4.69) is 32.8 Å². The van der Waals surface area contributed by atoms with Crippen LogP contribution in [-0.4, -0.2) is 78.7 Å². The lowest BCUT2D eigenvalue weighted by Gasteiger charge is -2.40. The number of allylic oxidation sites excluding steroid dienone is 3. The maximum Gasteiger partial charge on any atom is 0.278 e. The summed E-state index contributed by atoms with van der Waals surface area (Å²) in [7, 11) is 0. The number of piperazine rings is 1. The van der Waals surface area contributed by atoms with Crippen molar-refractivity contribution in [3.63, 3.8) is 0 Å². The molecular formula is C25H30N4O3. The summed E-state index contributed by atoms with van der Waals surface area (Å²) in [5.41, 5.74) is 9.74. The van der Waals surface area contributed by atoms with Crippen molar-refractivity contribution >= 4 is 12.1 Å². The van der Waals surface area contributed by atoms with Crippen molar-refractivity contribution in [1.29, 1.82) is 0 Å². The summed E-state index contributed by atoms with van der Waals surface area (Å²) in [4.78, 5) is 15.7. The van der Waals surface area contributed by atoms with E-state index in [4.69, 9.17) is 4.74 Å². The van der Waals surface area contributed by atoms with Gasteiger partial charge in [0.1, 0.15) is 0 Å². The molecule has 3 aliphatic rings. The third-order valence-electron chi connectivity index (χ3n) is 5.85. The van der Waals surface area contributed by atoms with E-state index in [-0.39, 0.29) is 18.6 Å². The predicted octanol–water partition coefficient (Wildman–Crippen LogP) is 1.40. The first-order valence-corrected chi connectivity index (χ1v) is 11.2. The number of hydrogen-bond donors (Lipinski definition) is 2. The van der Waals surface area contributed by atoms with Gasteiger partial charge in [-0.05, 0) is 37.0 Å². The highest BCUT2D eigenvalue weighted by Crippen LogP contribution is 2.22. The molecule has 1 aliphatic carbocycles. The topological polar surface area (TPSA) is 77.4 Å². The molecule has 2 atom stereocenters. The van der Waals surface area contributed by atoms with Crippen LogP contribution in [0.2, 0.25) is 0 Å². The Morgan fingerprint density at radius 1 is 1.25 bits per heavy atom. The normalized spacial score (nSPS) is 23.4. The van der Waals surface area contributed by atoms with Crippen LogP contribution < -0.4 is 5.32 Å². The molecule has 4 rings (SSSR count). The van der Waals surface area contributed by atoms with Crippen LogP contribution in [-0.2, 0) is 22.4 Å². The zero-order valence-corrected chi connectivity index (χ0v) is 18.5. The number of carbonyl (C=O) groups is 1. The highest BCUT2D eigenvalue weighted by atomic mass is 16.5. The van der Waals surface area contributed by atoms with Crippen molar-refractivity contribution in [2.75, 3.05) is 39.4 Å². The van der Waals surface area contributed by atoms with E-state index in [9.17, 15) is 9.90 Å². The SMILES string of the molecule is CC1=C=C=CC(N2N=CC(N3CCNCC3)C(OCCc3cccc(CCO)c3)C2=O)=C1. The smallest absolute Gasteiger partial charge is 0.278 e. The summed E-state index contributed by atoms with van der Waals surface area (Å²) >= 11 is 0. The van der Waals surface area contributed by atoms with Crippen LogP contribution in [0.5, 0.6) is 0 Å². The Labute approximate surface area is 189 Å². The third-order valence-corrected chi connectivity index (χ3v) is 5.85.